The summed E-state index contributed by atoms with van der Waals surface area (Å²) in [6.07, 6.45) is 2.54. The molecule has 6 nitrogen and oxygen atoms in total. The van der Waals surface area contributed by atoms with Crippen LogP contribution in [0.3, 0.4) is 0 Å². The Morgan fingerprint density at radius 1 is 1.13 bits per heavy atom. The number of carbonyl (C=O) groups excluding carboxylic acids is 1. The highest BCUT2D eigenvalue weighted by atomic mass is 16.2. The van der Waals surface area contributed by atoms with Gasteiger partial charge in [0, 0.05) is 31.6 Å². The third-order valence-electron chi connectivity index (χ3n) is 4.41. The predicted molar refractivity (Wildman–Crippen MR) is 86.6 cm³/mol. The summed E-state index contributed by atoms with van der Waals surface area (Å²) in [5, 5.41) is 2.84. The van der Waals surface area contributed by atoms with Gasteiger partial charge in [-0.1, -0.05) is 30.3 Å². The Morgan fingerprint density at radius 3 is 2.78 bits per heavy atom. The summed E-state index contributed by atoms with van der Waals surface area (Å²) in [5.74, 6) is 0.945. The van der Waals surface area contributed by atoms with Crippen molar-refractivity contribution in [3.05, 3.63) is 53.5 Å². The minimum Gasteiger partial charge on any atom is -0.337 e. The van der Waals surface area contributed by atoms with Crippen molar-refractivity contribution in [2.75, 3.05) is 24.7 Å². The Balaban J connectivity index is 1.57. The number of nitrogens with one attached hydrogen (secondary N) is 1. The lowest BCUT2D eigenvalue weighted by Crippen LogP contribution is -2.33. The summed E-state index contributed by atoms with van der Waals surface area (Å²) < 4.78 is 0. The lowest BCUT2D eigenvalue weighted by atomic mass is 10.0. The van der Waals surface area contributed by atoms with Crippen LogP contribution in [0.1, 0.15) is 16.8 Å². The Hall–Kier alpha value is -2.47. The summed E-state index contributed by atoms with van der Waals surface area (Å²) in [7, 11) is 0. The molecule has 1 aromatic carbocycles. The van der Waals surface area contributed by atoms with Gasteiger partial charge < -0.3 is 10.2 Å². The van der Waals surface area contributed by atoms with Gasteiger partial charge in [-0.2, -0.15) is 0 Å². The number of nitrogens with zero attached hydrogens (tertiary/aromatic N) is 4. The Labute approximate surface area is 135 Å². The second kappa shape index (κ2) is 5.96. The Kier molecular flexibility index (Phi) is 3.67. The number of rotatable bonds is 3. The number of aromatic nitrogens is 2. The van der Waals surface area contributed by atoms with Gasteiger partial charge >= 0.3 is 0 Å². The summed E-state index contributed by atoms with van der Waals surface area (Å²) in [6.45, 7) is 3.65. The van der Waals surface area contributed by atoms with Crippen LogP contribution in [0.25, 0.3) is 0 Å². The van der Waals surface area contributed by atoms with Gasteiger partial charge in [0.2, 0.25) is 5.91 Å². The molecular weight excluding hydrogens is 290 g/mol. The fourth-order valence-electron chi connectivity index (χ4n) is 3.25. The van der Waals surface area contributed by atoms with Gasteiger partial charge in [0.05, 0.1) is 12.4 Å². The normalized spacial score (nSPS) is 17.9. The van der Waals surface area contributed by atoms with Gasteiger partial charge in [-0.25, -0.2) is 9.97 Å². The zero-order chi connectivity index (χ0) is 15.6. The Morgan fingerprint density at radius 2 is 2.00 bits per heavy atom. The van der Waals surface area contributed by atoms with Crippen molar-refractivity contribution in [1.29, 1.82) is 0 Å². The topological polar surface area (TPSA) is 61.4 Å². The molecule has 1 N–H and O–H groups in total. The van der Waals surface area contributed by atoms with Gasteiger partial charge in [0.15, 0.2) is 0 Å². The molecule has 23 heavy (non-hydrogen) atoms. The third kappa shape index (κ3) is 2.90. The molecule has 0 radical (unpaired) electrons. The zero-order valence-corrected chi connectivity index (χ0v) is 12.9. The van der Waals surface area contributed by atoms with Crippen LogP contribution in [0.2, 0.25) is 0 Å². The average Bonchev–Trinajstić information content (AvgIpc) is 3.01. The van der Waals surface area contributed by atoms with Crippen LogP contribution in [0.15, 0.2) is 36.7 Å². The van der Waals surface area contributed by atoms with Crippen molar-refractivity contribution in [3.8, 4) is 0 Å². The third-order valence-corrected chi connectivity index (χ3v) is 4.41. The average molecular weight is 309 g/mol. The smallest absolute Gasteiger partial charge is 0.241 e. The fourth-order valence-corrected chi connectivity index (χ4v) is 3.25. The first-order chi connectivity index (χ1) is 11.3. The standard InChI is InChI=1S/C17H19N5O/c23-16-10-22(12-20-16)17-14-9-21(7-6-15(14)18-11-19-17)8-13-4-2-1-3-5-13/h1-5,11H,6-10,12H2,(H,20,23). The molecule has 1 fully saturated rings. The number of hydrogen-bond donors (Lipinski definition) is 1. The van der Waals surface area contributed by atoms with Crippen molar-refractivity contribution in [2.24, 2.45) is 0 Å². The number of carbonyl (C=O) groups is 1. The first-order valence-electron chi connectivity index (χ1n) is 7.90. The van der Waals surface area contributed by atoms with Crippen LogP contribution in [-0.2, 0) is 24.3 Å². The Bertz CT molecular complexity index is 718. The summed E-state index contributed by atoms with van der Waals surface area (Å²) in [4.78, 5) is 24.8. The minimum absolute atomic E-state index is 0.0503. The minimum atomic E-state index is 0.0503. The molecule has 0 atom stereocenters. The van der Waals surface area contributed by atoms with Crippen molar-refractivity contribution >= 4 is 11.7 Å². The van der Waals surface area contributed by atoms with E-state index in [1.807, 2.05) is 11.0 Å². The summed E-state index contributed by atoms with van der Waals surface area (Å²) >= 11 is 0. The summed E-state index contributed by atoms with van der Waals surface area (Å²) in [5.41, 5.74) is 3.58. The van der Waals surface area contributed by atoms with Crippen molar-refractivity contribution < 1.29 is 4.79 Å². The summed E-state index contributed by atoms with van der Waals surface area (Å²) in [6, 6.07) is 10.5. The number of anilines is 1. The molecule has 1 amide bonds. The second-order valence-corrected chi connectivity index (χ2v) is 6.02. The van der Waals surface area contributed by atoms with Gasteiger partial charge in [-0.15, -0.1) is 0 Å². The van der Waals surface area contributed by atoms with Crippen molar-refractivity contribution in [2.45, 2.75) is 19.5 Å². The van der Waals surface area contributed by atoms with Crippen LogP contribution >= 0.6 is 0 Å². The van der Waals surface area contributed by atoms with Crippen molar-refractivity contribution in [3.63, 3.8) is 0 Å². The maximum absolute atomic E-state index is 11.5. The van der Waals surface area contributed by atoms with Crippen LogP contribution in [0, 0.1) is 0 Å². The molecule has 0 saturated carbocycles. The predicted octanol–water partition coefficient (Wildman–Crippen LogP) is 0.929. The van der Waals surface area contributed by atoms with E-state index in [1.165, 1.54) is 5.56 Å². The molecule has 3 heterocycles. The van der Waals surface area contributed by atoms with Crippen LogP contribution in [-0.4, -0.2) is 40.5 Å². The monoisotopic (exact) mass is 309 g/mol. The molecule has 2 aliphatic rings. The van der Waals surface area contributed by atoms with E-state index in [9.17, 15) is 4.79 Å². The first-order valence-corrected chi connectivity index (χ1v) is 7.90. The molecule has 6 heteroatoms. The van der Waals surface area contributed by atoms with E-state index in [-0.39, 0.29) is 5.91 Å². The number of fused-ring (bicyclic) bond motifs is 1. The van der Waals surface area contributed by atoms with Gasteiger partial charge in [-0.3, -0.25) is 9.69 Å². The molecule has 1 saturated heterocycles. The van der Waals surface area contributed by atoms with Gasteiger partial charge in [0.25, 0.3) is 0 Å². The number of hydrogen-bond acceptors (Lipinski definition) is 5. The lowest BCUT2D eigenvalue weighted by Gasteiger charge is -2.30. The zero-order valence-electron chi connectivity index (χ0n) is 12.9. The molecule has 2 aromatic rings. The van der Waals surface area contributed by atoms with Crippen molar-refractivity contribution in [1.82, 2.24) is 20.2 Å². The van der Waals surface area contributed by atoms with E-state index < -0.39 is 0 Å². The lowest BCUT2D eigenvalue weighted by molar-refractivity contribution is -0.118. The number of amides is 1. The maximum Gasteiger partial charge on any atom is 0.241 e. The molecule has 118 valence electrons. The maximum atomic E-state index is 11.5. The molecule has 0 unspecified atom stereocenters. The van der Waals surface area contributed by atoms with E-state index in [4.69, 9.17) is 0 Å². The van der Waals surface area contributed by atoms with E-state index >= 15 is 0 Å². The highest BCUT2D eigenvalue weighted by molar-refractivity contribution is 5.84. The quantitative estimate of drug-likeness (QED) is 0.914. The van der Waals surface area contributed by atoms with Crippen LogP contribution in [0.5, 0.6) is 0 Å². The number of benzene rings is 1. The molecule has 0 spiro atoms. The largest absolute Gasteiger partial charge is 0.337 e. The molecule has 0 bridgehead atoms. The van der Waals surface area contributed by atoms with Gasteiger partial charge in [0.1, 0.15) is 18.7 Å². The van der Waals surface area contributed by atoms with E-state index in [1.54, 1.807) is 6.33 Å². The first kappa shape index (κ1) is 14.1. The fraction of sp³-hybridized carbons (Fsp3) is 0.353. The highest BCUT2D eigenvalue weighted by Gasteiger charge is 2.27. The van der Waals surface area contributed by atoms with E-state index in [0.717, 1.165) is 43.1 Å². The molecule has 0 aliphatic carbocycles. The SMILES string of the molecule is O=C1CN(c2ncnc3c2CN(Cc2ccccc2)CC3)CN1. The van der Waals surface area contributed by atoms with E-state index in [0.29, 0.717) is 13.2 Å². The van der Waals surface area contributed by atoms with Gasteiger partial charge in [-0.05, 0) is 5.56 Å². The molecule has 1 aromatic heterocycles. The second-order valence-electron chi connectivity index (χ2n) is 6.02. The molecular formula is C17H19N5O. The van der Waals surface area contributed by atoms with E-state index in [2.05, 4.69) is 44.5 Å². The van der Waals surface area contributed by atoms with Crippen LogP contribution < -0.4 is 10.2 Å². The molecule has 2 aliphatic heterocycles. The molecule has 4 rings (SSSR count). The van der Waals surface area contributed by atoms with Crippen LogP contribution in [0.4, 0.5) is 5.82 Å². The highest BCUT2D eigenvalue weighted by Crippen LogP contribution is 2.27.